The fourth-order valence-corrected chi connectivity index (χ4v) is 2.36. The number of ether oxygens (including phenoxy) is 1. The van der Waals surface area contributed by atoms with E-state index in [1.54, 1.807) is 12.4 Å². The van der Waals surface area contributed by atoms with E-state index in [1.165, 1.54) is 0 Å². The largest absolute Gasteiger partial charge is 0.492 e. The van der Waals surface area contributed by atoms with Gasteiger partial charge < -0.3 is 20.1 Å². The van der Waals surface area contributed by atoms with Gasteiger partial charge in [0.15, 0.2) is 5.82 Å². The number of aromatic hydroxyl groups is 1. The zero-order chi connectivity index (χ0) is 16.9. The third-order valence-corrected chi connectivity index (χ3v) is 3.50. The summed E-state index contributed by atoms with van der Waals surface area (Å²) in [5.74, 6) is 1.17. The summed E-state index contributed by atoms with van der Waals surface area (Å²) < 4.78 is 5.48. The van der Waals surface area contributed by atoms with Gasteiger partial charge in [-0.2, -0.15) is 4.98 Å². The first kappa shape index (κ1) is 22.0. The molecular formula is C17H23Cl2N5O2. The lowest BCUT2D eigenvalue weighted by Gasteiger charge is -2.07. The van der Waals surface area contributed by atoms with Crippen LogP contribution in [0, 0.1) is 0 Å². The van der Waals surface area contributed by atoms with Gasteiger partial charge >= 0.3 is 0 Å². The Kier molecular flexibility index (Phi) is 8.57. The average Bonchev–Trinajstić information content (AvgIpc) is 3.12. The molecule has 0 saturated carbocycles. The molecule has 1 aliphatic rings. The van der Waals surface area contributed by atoms with Crippen molar-refractivity contribution in [3.63, 3.8) is 0 Å². The second kappa shape index (κ2) is 10.2. The summed E-state index contributed by atoms with van der Waals surface area (Å²) in [5, 5.41) is 13.1. The Bertz CT molecular complexity index is 774. The Morgan fingerprint density at radius 1 is 1.35 bits per heavy atom. The van der Waals surface area contributed by atoms with Gasteiger partial charge in [-0.25, -0.2) is 9.98 Å². The van der Waals surface area contributed by atoms with Crippen LogP contribution >= 0.6 is 24.8 Å². The van der Waals surface area contributed by atoms with Crippen molar-refractivity contribution >= 4 is 54.4 Å². The number of allylic oxidation sites excluding steroid dienone is 1. The molecule has 2 aromatic heterocycles. The van der Waals surface area contributed by atoms with Crippen molar-refractivity contribution in [3.05, 3.63) is 29.6 Å². The monoisotopic (exact) mass is 399 g/mol. The van der Waals surface area contributed by atoms with Crippen LogP contribution in [0.5, 0.6) is 5.88 Å². The topological polar surface area (TPSA) is 95.4 Å². The molecule has 0 fully saturated rings. The molecule has 0 radical (unpaired) electrons. The number of aromatic nitrogens is 3. The van der Waals surface area contributed by atoms with E-state index in [0.717, 1.165) is 17.6 Å². The van der Waals surface area contributed by atoms with Crippen LogP contribution in [-0.4, -0.2) is 45.5 Å². The molecule has 0 aliphatic carbocycles. The number of imidazole rings is 1. The SMILES string of the molecule is CC(C)OCCCNc1nc(O)c(C=C2C=Nc3ncccc32)[nH]1.Cl.Cl. The van der Waals surface area contributed by atoms with Gasteiger partial charge in [-0.3, -0.25) is 0 Å². The van der Waals surface area contributed by atoms with Gasteiger partial charge in [-0.1, -0.05) is 0 Å². The van der Waals surface area contributed by atoms with Crippen molar-refractivity contribution in [2.75, 3.05) is 18.5 Å². The molecule has 1 aliphatic heterocycles. The van der Waals surface area contributed by atoms with Crippen molar-refractivity contribution < 1.29 is 9.84 Å². The second-order valence-electron chi connectivity index (χ2n) is 5.76. The first-order chi connectivity index (χ1) is 11.6. The molecule has 2 aromatic rings. The lowest BCUT2D eigenvalue weighted by atomic mass is 10.1. The molecule has 0 unspecified atom stereocenters. The van der Waals surface area contributed by atoms with E-state index in [9.17, 15) is 5.11 Å². The van der Waals surface area contributed by atoms with Gasteiger partial charge in [-0.05, 0) is 38.5 Å². The fourth-order valence-electron chi connectivity index (χ4n) is 2.36. The number of fused-ring (bicyclic) bond motifs is 1. The predicted molar refractivity (Wildman–Crippen MR) is 109 cm³/mol. The first-order valence-electron chi connectivity index (χ1n) is 7.99. The summed E-state index contributed by atoms with van der Waals surface area (Å²) >= 11 is 0. The molecule has 7 nitrogen and oxygen atoms in total. The number of aromatic amines is 1. The molecule has 142 valence electrons. The summed E-state index contributed by atoms with van der Waals surface area (Å²) in [6.45, 7) is 5.42. The van der Waals surface area contributed by atoms with E-state index >= 15 is 0 Å². The number of H-pyrrole nitrogens is 1. The predicted octanol–water partition coefficient (Wildman–Crippen LogP) is 3.84. The van der Waals surface area contributed by atoms with E-state index < -0.39 is 0 Å². The molecule has 3 heterocycles. The number of anilines is 1. The molecule has 0 atom stereocenters. The molecular weight excluding hydrogens is 377 g/mol. The quantitative estimate of drug-likeness (QED) is 0.614. The Hall–Kier alpha value is -2.09. The lowest BCUT2D eigenvalue weighted by Crippen LogP contribution is -2.09. The molecule has 3 N–H and O–H groups in total. The number of halogens is 2. The molecule has 9 heteroatoms. The smallest absolute Gasteiger partial charge is 0.238 e. The third-order valence-electron chi connectivity index (χ3n) is 3.50. The molecule has 0 amide bonds. The summed E-state index contributed by atoms with van der Waals surface area (Å²) in [7, 11) is 0. The summed E-state index contributed by atoms with van der Waals surface area (Å²) in [6.07, 6.45) is 6.35. The van der Waals surface area contributed by atoms with E-state index in [2.05, 4.69) is 25.3 Å². The molecule has 0 aromatic carbocycles. The van der Waals surface area contributed by atoms with Crippen LogP contribution in [0.15, 0.2) is 23.3 Å². The van der Waals surface area contributed by atoms with Gasteiger partial charge in [-0.15, -0.1) is 24.8 Å². The number of nitrogens with zero attached hydrogens (tertiary/aromatic N) is 3. The van der Waals surface area contributed by atoms with Crippen molar-refractivity contribution in [1.29, 1.82) is 0 Å². The van der Waals surface area contributed by atoms with Gasteiger partial charge in [0.05, 0.1) is 6.10 Å². The zero-order valence-corrected chi connectivity index (χ0v) is 16.2. The van der Waals surface area contributed by atoms with Crippen LogP contribution < -0.4 is 5.32 Å². The van der Waals surface area contributed by atoms with Gasteiger partial charge in [0, 0.05) is 36.7 Å². The zero-order valence-electron chi connectivity index (χ0n) is 14.6. The minimum absolute atomic E-state index is 0. The normalized spacial score (nSPS) is 13.4. The van der Waals surface area contributed by atoms with Gasteiger partial charge in [0.1, 0.15) is 5.69 Å². The Balaban J connectivity index is 0.00000169. The number of hydrogen-bond donors (Lipinski definition) is 3. The maximum absolute atomic E-state index is 10.0. The fraction of sp³-hybridized carbons (Fsp3) is 0.353. The van der Waals surface area contributed by atoms with E-state index in [1.807, 2.05) is 32.1 Å². The third kappa shape index (κ3) is 5.45. The number of nitrogens with one attached hydrogen (secondary N) is 2. The Labute approximate surface area is 164 Å². The van der Waals surface area contributed by atoms with Crippen molar-refractivity contribution in [2.45, 2.75) is 26.4 Å². The van der Waals surface area contributed by atoms with E-state index in [-0.39, 0.29) is 36.8 Å². The molecule has 0 bridgehead atoms. The summed E-state index contributed by atoms with van der Waals surface area (Å²) in [6, 6.07) is 3.81. The highest BCUT2D eigenvalue weighted by Crippen LogP contribution is 2.31. The van der Waals surface area contributed by atoms with Crippen molar-refractivity contribution in [1.82, 2.24) is 15.0 Å². The first-order valence-corrected chi connectivity index (χ1v) is 7.99. The van der Waals surface area contributed by atoms with E-state index in [4.69, 9.17) is 4.74 Å². The highest BCUT2D eigenvalue weighted by Gasteiger charge is 2.14. The van der Waals surface area contributed by atoms with Crippen LogP contribution in [0.1, 0.15) is 31.5 Å². The Morgan fingerprint density at radius 2 is 2.15 bits per heavy atom. The standard InChI is InChI=1S/C17H21N5O2.2ClH/c1-11(2)24-8-4-7-19-17-21-14(16(23)22-17)9-12-10-20-15-13(12)5-3-6-18-15;;/h3,5-6,9-11,23H,4,7-8H2,1-2H3,(H2,19,21,22);2*1H. The molecule has 3 rings (SSSR count). The number of pyridine rings is 1. The van der Waals surface area contributed by atoms with Gasteiger partial charge in [0.25, 0.3) is 0 Å². The van der Waals surface area contributed by atoms with Crippen LogP contribution in [0.2, 0.25) is 0 Å². The maximum Gasteiger partial charge on any atom is 0.238 e. The van der Waals surface area contributed by atoms with Crippen LogP contribution in [-0.2, 0) is 4.74 Å². The maximum atomic E-state index is 10.0. The summed E-state index contributed by atoms with van der Waals surface area (Å²) in [5.41, 5.74) is 2.36. The van der Waals surface area contributed by atoms with E-state index in [0.29, 0.717) is 30.6 Å². The van der Waals surface area contributed by atoms with Crippen molar-refractivity contribution in [2.24, 2.45) is 4.99 Å². The number of rotatable bonds is 7. The summed E-state index contributed by atoms with van der Waals surface area (Å²) in [4.78, 5) is 15.6. The van der Waals surface area contributed by atoms with Crippen LogP contribution in [0.3, 0.4) is 0 Å². The molecule has 26 heavy (non-hydrogen) atoms. The minimum Gasteiger partial charge on any atom is -0.492 e. The van der Waals surface area contributed by atoms with Crippen LogP contribution in [0.25, 0.3) is 11.6 Å². The van der Waals surface area contributed by atoms with Crippen molar-refractivity contribution in [3.8, 4) is 5.88 Å². The van der Waals surface area contributed by atoms with Crippen LogP contribution in [0.4, 0.5) is 11.8 Å². The highest BCUT2D eigenvalue weighted by molar-refractivity contribution is 6.20. The Morgan fingerprint density at radius 3 is 2.92 bits per heavy atom. The minimum atomic E-state index is -0.0471. The highest BCUT2D eigenvalue weighted by atomic mass is 35.5. The van der Waals surface area contributed by atoms with Gasteiger partial charge in [0.2, 0.25) is 11.8 Å². The molecule has 0 saturated heterocycles. The average molecular weight is 400 g/mol. The number of aliphatic imine (C=N–C) groups is 1. The lowest BCUT2D eigenvalue weighted by molar-refractivity contribution is 0.0787. The second-order valence-corrected chi connectivity index (χ2v) is 5.76. The number of hydrogen-bond acceptors (Lipinski definition) is 6. The molecule has 0 spiro atoms.